The zero-order valence-corrected chi connectivity index (χ0v) is 18.9. The lowest BCUT2D eigenvalue weighted by Gasteiger charge is -2.25. The van der Waals surface area contributed by atoms with Gasteiger partial charge in [-0.3, -0.25) is 9.59 Å². The van der Waals surface area contributed by atoms with Gasteiger partial charge in [0.25, 0.3) is 11.5 Å². The molecule has 0 fully saturated rings. The number of benzene rings is 2. The Morgan fingerprint density at radius 1 is 1.03 bits per heavy atom. The van der Waals surface area contributed by atoms with Gasteiger partial charge in [0.1, 0.15) is 5.82 Å². The van der Waals surface area contributed by atoms with Crippen molar-refractivity contribution >= 4 is 22.7 Å². The van der Waals surface area contributed by atoms with Gasteiger partial charge in [-0.25, -0.2) is 14.3 Å². The molecule has 174 valence electrons. The van der Waals surface area contributed by atoms with E-state index in [1.165, 1.54) is 12.1 Å². The normalized spacial score (nSPS) is 11.3. The van der Waals surface area contributed by atoms with Gasteiger partial charge in [-0.05, 0) is 36.1 Å². The van der Waals surface area contributed by atoms with Crippen LogP contribution in [0.1, 0.15) is 42.4 Å². The van der Waals surface area contributed by atoms with Gasteiger partial charge in [0, 0.05) is 31.4 Å². The Morgan fingerprint density at radius 3 is 2.45 bits per heavy atom. The van der Waals surface area contributed by atoms with Crippen LogP contribution in [0.3, 0.4) is 0 Å². The van der Waals surface area contributed by atoms with E-state index in [0.29, 0.717) is 41.5 Å². The van der Waals surface area contributed by atoms with E-state index in [0.717, 1.165) is 0 Å². The van der Waals surface area contributed by atoms with Crippen molar-refractivity contribution in [3.05, 3.63) is 75.5 Å². The van der Waals surface area contributed by atoms with Crippen LogP contribution in [0.5, 0.6) is 0 Å². The van der Waals surface area contributed by atoms with Gasteiger partial charge in [-0.2, -0.15) is 5.10 Å². The lowest BCUT2D eigenvalue weighted by Crippen LogP contribution is -2.45. The van der Waals surface area contributed by atoms with Crippen molar-refractivity contribution in [3.63, 3.8) is 0 Å². The molecule has 0 radical (unpaired) electrons. The van der Waals surface area contributed by atoms with Crippen molar-refractivity contribution in [2.75, 3.05) is 19.6 Å². The van der Waals surface area contributed by atoms with E-state index >= 15 is 0 Å². The highest BCUT2D eigenvalue weighted by Gasteiger charge is 2.21. The minimum absolute atomic E-state index is 0.0753. The van der Waals surface area contributed by atoms with E-state index in [2.05, 4.69) is 26.1 Å². The molecule has 4 N–H and O–H groups in total. The summed E-state index contributed by atoms with van der Waals surface area (Å²) in [6, 6.07) is 11.2. The summed E-state index contributed by atoms with van der Waals surface area (Å²) in [6.07, 6.45) is 0.319. The molecular formula is C24H28FN5O3. The summed E-state index contributed by atoms with van der Waals surface area (Å²) in [5.74, 6) is -1.17. The predicted octanol–water partition coefficient (Wildman–Crippen LogP) is 2.73. The second kappa shape index (κ2) is 10.2. The molecule has 9 heteroatoms. The molecule has 0 saturated carbocycles. The molecule has 33 heavy (non-hydrogen) atoms. The molecule has 0 aliphatic rings. The molecule has 3 aromatic rings. The van der Waals surface area contributed by atoms with Crippen LogP contribution in [-0.2, 0) is 6.42 Å². The first-order valence-corrected chi connectivity index (χ1v) is 10.7. The highest BCUT2D eigenvalue weighted by molar-refractivity contribution is 5.94. The van der Waals surface area contributed by atoms with Crippen molar-refractivity contribution in [2.45, 2.75) is 27.2 Å². The fourth-order valence-electron chi connectivity index (χ4n) is 3.38. The minimum atomic E-state index is -0.631. The highest BCUT2D eigenvalue weighted by Crippen LogP contribution is 2.19. The average Bonchev–Trinajstić information content (AvgIpc) is 2.80. The van der Waals surface area contributed by atoms with E-state index in [9.17, 15) is 18.8 Å². The number of rotatable bonds is 8. The number of carbonyl (C=O) groups is 2. The Hall–Kier alpha value is -3.75. The first kappa shape index (κ1) is 23.9. The van der Waals surface area contributed by atoms with E-state index < -0.39 is 17.1 Å². The van der Waals surface area contributed by atoms with Crippen LogP contribution in [-0.4, -0.2) is 41.8 Å². The molecule has 0 spiro atoms. The molecule has 0 aliphatic carbocycles. The number of halogens is 1. The zero-order chi connectivity index (χ0) is 24.0. The molecule has 0 aliphatic heterocycles. The lowest BCUT2D eigenvalue weighted by molar-refractivity contribution is 0.0932. The van der Waals surface area contributed by atoms with Crippen LogP contribution in [0, 0.1) is 11.2 Å². The van der Waals surface area contributed by atoms with Gasteiger partial charge in [0.15, 0.2) is 0 Å². The van der Waals surface area contributed by atoms with Crippen LogP contribution in [0.15, 0.2) is 47.3 Å². The Labute approximate surface area is 191 Å². The van der Waals surface area contributed by atoms with Crippen LogP contribution >= 0.6 is 0 Å². The quantitative estimate of drug-likeness (QED) is 0.420. The third-order valence-corrected chi connectivity index (χ3v) is 5.21. The summed E-state index contributed by atoms with van der Waals surface area (Å²) in [5.41, 5.74) is 0.517. The van der Waals surface area contributed by atoms with Gasteiger partial charge in [-0.15, -0.1) is 0 Å². The standard InChI is InChI=1S/C24H28FN5O3/c1-4-26-23(33)28-14-24(2,3)13-27-21(31)18-11-15(9-10-19(18)25)12-20-16-7-5-6-8-17(16)22(32)30-29-20/h5-11H,4,12-14H2,1-3H3,(H,27,31)(H,30,32)(H2,26,28,33). The van der Waals surface area contributed by atoms with Crippen molar-refractivity contribution in [3.8, 4) is 0 Å². The number of amides is 3. The molecule has 0 unspecified atom stereocenters. The predicted molar refractivity (Wildman–Crippen MR) is 125 cm³/mol. The van der Waals surface area contributed by atoms with Crippen LogP contribution in [0.25, 0.3) is 10.8 Å². The number of hydrogen-bond acceptors (Lipinski definition) is 4. The van der Waals surface area contributed by atoms with E-state index in [4.69, 9.17) is 0 Å². The molecular weight excluding hydrogens is 425 g/mol. The molecule has 8 nitrogen and oxygen atoms in total. The average molecular weight is 454 g/mol. The summed E-state index contributed by atoms with van der Waals surface area (Å²) >= 11 is 0. The van der Waals surface area contributed by atoms with E-state index in [-0.39, 0.29) is 23.7 Å². The van der Waals surface area contributed by atoms with Gasteiger partial charge >= 0.3 is 6.03 Å². The monoisotopic (exact) mass is 453 g/mol. The Kier molecular flexibility index (Phi) is 7.42. The molecule has 0 atom stereocenters. The summed E-state index contributed by atoms with van der Waals surface area (Å²) in [4.78, 5) is 36.3. The van der Waals surface area contributed by atoms with Crippen LogP contribution in [0.2, 0.25) is 0 Å². The van der Waals surface area contributed by atoms with E-state index in [1.807, 2.05) is 26.8 Å². The fraction of sp³-hybridized carbons (Fsp3) is 0.333. The molecule has 1 heterocycles. The van der Waals surface area contributed by atoms with Gasteiger partial charge in [0.2, 0.25) is 0 Å². The van der Waals surface area contributed by atoms with Crippen LogP contribution < -0.4 is 21.5 Å². The molecule has 3 amide bonds. The van der Waals surface area contributed by atoms with Gasteiger partial charge in [-0.1, -0.05) is 38.1 Å². The summed E-state index contributed by atoms with van der Waals surface area (Å²) in [7, 11) is 0. The molecule has 0 bridgehead atoms. The number of fused-ring (bicyclic) bond motifs is 1. The van der Waals surface area contributed by atoms with E-state index in [1.54, 1.807) is 24.3 Å². The largest absolute Gasteiger partial charge is 0.351 e. The maximum absolute atomic E-state index is 14.4. The molecule has 0 saturated heterocycles. The SMILES string of the molecule is CCNC(=O)NCC(C)(C)CNC(=O)c1cc(Cc2n[nH]c(=O)c3ccccc23)ccc1F. The third-order valence-electron chi connectivity index (χ3n) is 5.21. The number of H-pyrrole nitrogens is 1. The number of hydrogen-bond donors (Lipinski definition) is 4. The zero-order valence-electron chi connectivity index (χ0n) is 18.9. The second-order valence-corrected chi connectivity index (χ2v) is 8.60. The lowest BCUT2D eigenvalue weighted by atomic mass is 9.93. The topological polar surface area (TPSA) is 116 Å². The first-order valence-electron chi connectivity index (χ1n) is 10.7. The number of aromatic amines is 1. The van der Waals surface area contributed by atoms with Crippen molar-refractivity contribution < 1.29 is 14.0 Å². The number of aromatic nitrogens is 2. The number of urea groups is 1. The van der Waals surface area contributed by atoms with Gasteiger partial charge in [0.05, 0.1) is 16.6 Å². The molecule has 2 aromatic carbocycles. The Balaban J connectivity index is 1.71. The van der Waals surface area contributed by atoms with Crippen molar-refractivity contribution in [2.24, 2.45) is 5.41 Å². The third kappa shape index (κ3) is 6.15. The first-order chi connectivity index (χ1) is 15.7. The number of nitrogens with zero attached hydrogens (tertiary/aromatic N) is 1. The summed E-state index contributed by atoms with van der Waals surface area (Å²) in [6.45, 7) is 6.70. The fourth-order valence-corrected chi connectivity index (χ4v) is 3.38. The maximum atomic E-state index is 14.4. The highest BCUT2D eigenvalue weighted by atomic mass is 19.1. The van der Waals surface area contributed by atoms with Crippen molar-refractivity contribution in [1.29, 1.82) is 0 Å². The Morgan fingerprint density at radius 2 is 1.73 bits per heavy atom. The smallest absolute Gasteiger partial charge is 0.314 e. The number of carbonyl (C=O) groups excluding carboxylic acids is 2. The number of nitrogens with one attached hydrogen (secondary N) is 4. The van der Waals surface area contributed by atoms with Gasteiger partial charge < -0.3 is 16.0 Å². The maximum Gasteiger partial charge on any atom is 0.314 e. The summed E-state index contributed by atoms with van der Waals surface area (Å²) < 4.78 is 14.4. The molecule has 3 rings (SSSR count). The molecule has 1 aromatic heterocycles. The van der Waals surface area contributed by atoms with Crippen molar-refractivity contribution in [1.82, 2.24) is 26.1 Å². The minimum Gasteiger partial charge on any atom is -0.351 e. The van der Waals surface area contributed by atoms with Crippen LogP contribution in [0.4, 0.5) is 9.18 Å². The Bertz CT molecular complexity index is 1220. The summed E-state index contributed by atoms with van der Waals surface area (Å²) in [5, 5.41) is 16.0. The second-order valence-electron chi connectivity index (χ2n) is 8.60.